The summed E-state index contributed by atoms with van der Waals surface area (Å²) >= 11 is 3.26. The van der Waals surface area contributed by atoms with Gasteiger partial charge in [0.25, 0.3) is 10.0 Å². The first kappa shape index (κ1) is 15.8. The minimum atomic E-state index is -3.71. The Bertz CT molecular complexity index is 864. The first-order valence-corrected chi connectivity index (χ1v) is 8.95. The Morgan fingerprint density at radius 2 is 1.83 bits per heavy atom. The molecule has 0 amide bonds. The van der Waals surface area contributed by atoms with Crippen molar-refractivity contribution in [2.45, 2.75) is 11.8 Å². The number of hydrazone groups is 1. The SMILES string of the molecule is CC(=NNS(=O)(=O)c1ccc(Br)cc1)c1ccc2c(c1)OCO2. The van der Waals surface area contributed by atoms with Gasteiger partial charge in [0, 0.05) is 10.0 Å². The number of nitrogens with zero attached hydrogens (tertiary/aromatic N) is 1. The summed E-state index contributed by atoms with van der Waals surface area (Å²) in [6.45, 7) is 1.90. The molecule has 1 N–H and O–H groups in total. The van der Waals surface area contributed by atoms with Gasteiger partial charge in [-0.05, 0) is 49.4 Å². The normalized spacial score (nSPS) is 13.9. The van der Waals surface area contributed by atoms with Crippen LogP contribution in [-0.2, 0) is 10.0 Å². The summed E-state index contributed by atoms with van der Waals surface area (Å²) < 4.78 is 35.7. The zero-order chi connectivity index (χ0) is 16.4. The maximum atomic E-state index is 12.2. The highest BCUT2D eigenvalue weighted by Crippen LogP contribution is 2.32. The molecule has 8 heteroatoms. The molecule has 1 heterocycles. The molecule has 1 aliphatic rings. The van der Waals surface area contributed by atoms with E-state index in [0.29, 0.717) is 17.2 Å². The molecule has 23 heavy (non-hydrogen) atoms. The summed E-state index contributed by atoms with van der Waals surface area (Å²) in [5.41, 5.74) is 1.26. The van der Waals surface area contributed by atoms with Crippen molar-refractivity contribution < 1.29 is 17.9 Å². The van der Waals surface area contributed by atoms with E-state index in [1.165, 1.54) is 12.1 Å². The van der Waals surface area contributed by atoms with E-state index < -0.39 is 10.0 Å². The minimum Gasteiger partial charge on any atom is -0.454 e. The van der Waals surface area contributed by atoms with Crippen molar-refractivity contribution >= 4 is 31.7 Å². The highest BCUT2D eigenvalue weighted by Gasteiger charge is 2.15. The highest BCUT2D eigenvalue weighted by molar-refractivity contribution is 9.10. The lowest BCUT2D eigenvalue weighted by molar-refractivity contribution is 0.174. The number of benzene rings is 2. The Morgan fingerprint density at radius 3 is 2.57 bits per heavy atom. The molecule has 0 fully saturated rings. The van der Waals surface area contributed by atoms with Gasteiger partial charge in [-0.15, -0.1) is 0 Å². The predicted molar refractivity (Wildman–Crippen MR) is 89.2 cm³/mol. The molecule has 0 spiro atoms. The number of sulfonamides is 1. The lowest BCUT2D eigenvalue weighted by Gasteiger charge is -2.06. The standard InChI is InChI=1S/C15H13BrN2O4S/c1-10(11-2-7-14-15(8-11)22-9-21-14)17-18-23(19,20)13-5-3-12(16)4-6-13/h2-8,18H,9H2,1H3. The van der Waals surface area contributed by atoms with Crippen LogP contribution < -0.4 is 14.3 Å². The predicted octanol–water partition coefficient (Wildman–Crippen LogP) is 2.88. The molecule has 120 valence electrons. The molecule has 0 aromatic heterocycles. The lowest BCUT2D eigenvalue weighted by Crippen LogP contribution is -2.19. The van der Waals surface area contributed by atoms with E-state index in [1.807, 2.05) is 0 Å². The lowest BCUT2D eigenvalue weighted by atomic mass is 10.1. The average molecular weight is 397 g/mol. The highest BCUT2D eigenvalue weighted by atomic mass is 79.9. The van der Waals surface area contributed by atoms with Gasteiger partial charge >= 0.3 is 0 Å². The number of ether oxygens (including phenoxy) is 2. The molecule has 2 aromatic carbocycles. The van der Waals surface area contributed by atoms with Gasteiger partial charge in [0.15, 0.2) is 11.5 Å². The molecule has 6 nitrogen and oxygen atoms in total. The van der Waals surface area contributed by atoms with Gasteiger partial charge < -0.3 is 9.47 Å². The molecule has 1 aliphatic heterocycles. The zero-order valence-electron chi connectivity index (χ0n) is 12.1. The maximum absolute atomic E-state index is 12.2. The van der Waals surface area contributed by atoms with Crippen molar-refractivity contribution in [1.29, 1.82) is 0 Å². The van der Waals surface area contributed by atoms with Crippen molar-refractivity contribution in [3.63, 3.8) is 0 Å². The van der Waals surface area contributed by atoms with Crippen LogP contribution in [0.3, 0.4) is 0 Å². The van der Waals surface area contributed by atoms with E-state index in [-0.39, 0.29) is 11.7 Å². The molecule has 0 radical (unpaired) electrons. The average Bonchev–Trinajstić information content (AvgIpc) is 3.00. The number of hydrogen-bond acceptors (Lipinski definition) is 5. The number of hydrogen-bond donors (Lipinski definition) is 1. The molecule has 0 unspecified atom stereocenters. The molecule has 0 bridgehead atoms. The van der Waals surface area contributed by atoms with Gasteiger partial charge in [-0.3, -0.25) is 0 Å². The van der Waals surface area contributed by atoms with Crippen LogP contribution in [0.2, 0.25) is 0 Å². The number of fused-ring (bicyclic) bond motifs is 1. The third kappa shape index (κ3) is 3.48. The van der Waals surface area contributed by atoms with Crippen molar-refractivity contribution in [3.05, 3.63) is 52.5 Å². The molecule has 0 atom stereocenters. The van der Waals surface area contributed by atoms with E-state index in [4.69, 9.17) is 9.47 Å². The van der Waals surface area contributed by atoms with Gasteiger partial charge in [-0.2, -0.15) is 18.4 Å². The van der Waals surface area contributed by atoms with E-state index in [0.717, 1.165) is 10.0 Å². The Kier molecular flexibility index (Phi) is 4.27. The van der Waals surface area contributed by atoms with Crippen LogP contribution in [0.4, 0.5) is 0 Å². The van der Waals surface area contributed by atoms with Crippen molar-refractivity contribution in [2.24, 2.45) is 5.10 Å². The van der Waals surface area contributed by atoms with Crippen LogP contribution >= 0.6 is 15.9 Å². The molecule has 0 saturated carbocycles. The van der Waals surface area contributed by atoms with Crippen LogP contribution in [0.5, 0.6) is 11.5 Å². The number of rotatable bonds is 4. The quantitative estimate of drug-likeness (QED) is 0.636. The Labute approximate surface area is 142 Å². The monoisotopic (exact) mass is 396 g/mol. The third-order valence-electron chi connectivity index (χ3n) is 3.25. The van der Waals surface area contributed by atoms with Crippen molar-refractivity contribution in [3.8, 4) is 11.5 Å². The first-order valence-electron chi connectivity index (χ1n) is 6.67. The fraction of sp³-hybridized carbons (Fsp3) is 0.133. The van der Waals surface area contributed by atoms with E-state index in [1.54, 1.807) is 37.3 Å². The van der Waals surface area contributed by atoms with Gasteiger partial charge in [-0.25, -0.2) is 0 Å². The minimum absolute atomic E-state index is 0.142. The van der Waals surface area contributed by atoms with E-state index in [9.17, 15) is 8.42 Å². The van der Waals surface area contributed by atoms with Crippen LogP contribution in [0, 0.1) is 0 Å². The number of nitrogens with one attached hydrogen (secondary N) is 1. The second-order valence-electron chi connectivity index (χ2n) is 4.81. The van der Waals surface area contributed by atoms with Gasteiger partial charge in [-0.1, -0.05) is 15.9 Å². The smallest absolute Gasteiger partial charge is 0.276 e. The number of halogens is 1. The molecule has 0 aliphatic carbocycles. The van der Waals surface area contributed by atoms with Gasteiger partial charge in [0.05, 0.1) is 10.6 Å². The molecular weight excluding hydrogens is 384 g/mol. The maximum Gasteiger partial charge on any atom is 0.276 e. The molecule has 2 aromatic rings. The summed E-state index contributed by atoms with van der Waals surface area (Å²) in [7, 11) is -3.71. The van der Waals surface area contributed by atoms with Crippen LogP contribution in [-0.4, -0.2) is 20.9 Å². The van der Waals surface area contributed by atoms with Crippen LogP contribution in [0.1, 0.15) is 12.5 Å². The second-order valence-corrected chi connectivity index (χ2v) is 7.39. The topological polar surface area (TPSA) is 77.0 Å². The van der Waals surface area contributed by atoms with Crippen LogP contribution in [0.15, 0.2) is 56.9 Å². The fourth-order valence-electron chi connectivity index (χ4n) is 1.98. The summed E-state index contributed by atoms with van der Waals surface area (Å²) in [4.78, 5) is 2.38. The summed E-state index contributed by atoms with van der Waals surface area (Å²) in [6, 6.07) is 11.6. The van der Waals surface area contributed by atoms with Crippen molar-refractivity contribution in [2.75, 3.05) is 6.79 Å². The third-order valence-corrected chi connectivity index (χ3v) is 5.00. The Balaban J connectivity index is 1.80. The molecule has 3 rings (SSSR count). The Hall–Kier alpha value is -2.06. The van der Waals surface area contributed by atoms with E-state index >= 15 is 0 Å². The summed E-state index contributed by atoms with van der Waals surface area (Å²) in [6.07, 6.45) is 0. The summed E-state index contributed by atoms with van der Waals surface area (Å²) in [5.74, 6) is 1.28. The van der Waals surface area contributed by atoms with Crippen molar-refractivity contribution in [1.82, 2.24) is 4.83 Å². The Morgan fingerprint density at radius 1 is 1.13 bits per heavy atom. The van der Waals surface area contributed by atoms with Gasteiger partial charge in [0.1, 0.15) is 0 Å². The second kappa shape index (κ2) is 6.21. The van der Waals surface area contributed by atoms with Crippen LogP contribution in [0.25, 0.3) is 0 Å². The van der Waals surface area contributed by atoms with Gasteiger partial charge in [0.2, 0.25) is 6.79 Å². The molecule has 0 saturated heterocycles. The fourth-order valence-corrected chi connectivity index (χ4v) is 3.10. The summed E-state index contributed by atoms with van der Waals surface area (Å²) in [5, 5.41) is 3.96. The molecular formula is C15H13BrN2O4S. The zero-order valence-corrected chi connectivity index (χ0v) is 14.5. The largest absolute Gasteiger partial charge is 0.454 e. The first-order chi connectivity index (χ1) is 11.0. The van der Waals surface area contributed by atoms with E-state index in [2.05, 4.69) is 25.9 Å².